The van der Waals surface area contributed by atoms with E-state index in [1.54, 1.807) is 44.0 Å². The summed E-state index contributed by atoms with van der Waals surface area (Å²) in [5.41, 5.74) is 0.567. The van der Waals surface area contributed by atoms with Crippen LogP contribution >= 0.6 is 0 Å². The third kappa shape index (κ3) is 5.27. The van der Waals surface area contributed by atoms with Crippen LogP contribution < -0.4 is 10.1 Å². The Labute approximate surface area is 169 Å². The molecule has 1 unspecified atom stereocenters. The number of aliphatic hydroxyl groups is 1. The zero-order valence-electron chi connectivity index (χ0n) is 16.8. The Balaban J connectivity index is 1.68. The molecular weight excluding hydrogens is 370 g/mol. The summed E-state index contributed by atoms with van der Waals surface area (Å²) in [7, 11) is 1.61. The number of methoxy groups -OCH3 is 1. The largest absolute Gasteiger partial charge is 0.497 e. The Morgan fingerprint density at radius 1 is 1.34 bits per heavy atom. The molecule has 2 N–H and O–H groups in total. The van der Waals surface area contributed by atoms with Crippen molar-refractivity contribution in [3.05, 3.63) is 65.9 Å². The molecule has 0 fully saturated rings. The van der Waals surface area contributed by atoms with Gasteiger partial charge in [-0.15, -0.1) is 0 Å². The van der Waals surface area contributed by atoms with E-state index < -0.39 is 5.60 Å². The topological polar surface area (TPSA) is 89.5 Å². The van der Waals surface area contributed by atoms with Crippen LogP contribution in [0.15, 0.2) is 53.2 Å². The van der Waals surface area contributed by atoms with Crippen molar-refractivity contribution in [2.24, 2.45) is 0 Å². The molecule has 0 radical (unpaired) electrons. The van der Waals surface area contributed by atoms with E-state index in [0.717, 1.165) is 17.0 Å². The van der Waals surface area contributed by atoms with Crippen LogP contribution in [0.25, 0.3) is 5.69 Å². The summed E-state index contributed by atoms with van der Waals surface area (Å²) in [6, 6.07) is 10.4. The molecular formula is C22H23N3O4. The Kier molecular flexibility index (Phi) is 5.76. The quantitative estimate of drug-likeness (QED) is 0.650. The molecule has 7 heteroatoms. The molecule has 0 aliphatic rings. The molecule has 2 heterocycles. The van der Waals surface area contributed by atoms with Crippen molar-refractivity contribution in [2.45, 2.75) is 32.4 Å². The highest BCUT2D eigenvalue weighted by atomic mass is 16.5. The molecule has 1 amide bonds. The number of hydrogen-bond donors (Lipinski definition) is 2. The number of nitrogens with zero attached hydrogens (tertiary/aromatic N) is 2. The van der Waals surface area contributed by atoms with Crippen LogP contribution in [-0.4, -0.2) is 33.5 Å². The van der Waals surface area contributed by atoms with E-state index in [2.05, 4.69) is 22.3 Å². The first kappa shape index (κ1) is 20.2. The monoisotopic (exact) mass is 393 g/mol. The Morgan fingerprint density at radius 3 is 2.86 bits per heavy atom. The highest BCUT2D eigenvalue weighted by molar-refractivity contribution is 5.91. The van der Waals surface area contributed by atoms with Gasteiger partial charge in [-0.3, -0.25) is 4.79 Å². The zero-order valence-corrected chi connectivity index (χ0v) is 16.8. The van der Waals surface area contributed by atoms with Crippen molar-refractivity contribution in [1.82, 2.24) is 15.1 Å². The summed E-state index contributed by atoms with van der Waals surface area (Å²) in [6.07, 6.45) is 3.55. The van der Waals surface area contributed by atoms with Crippen LogP contribution in [0.2, 0.25) is 0 Å². The van der Waals surface area contributed by atoms with E-state index in [4.69, 9.17) is 9.15 Å². The smallest absolute Gasteiger partial charge is 0.287 e. The molecule has 3 rings (SSSR count). The Morgan fingerprint density at radius 2 is 2.14 bits per heavy atom. The molecule has 0 spiro atoms. The van der Waals surface area contributed by atoms with Gasteiger partial charge in [0.05, 0.1) is 25.0 Å². The van der Waals surface area contributed by atoms with E-state index in [0.29, 0.717) is 5.76 Å². The number of furan rings is 1. The minimum Gasteiger partial charge on any atom is -0.497 e. The van der Waals surface area contributed by atoms with Crippen LogP contribution in [0.5, 0.6) is 5.75 Å². The fraction of sp³-hybridized carbons (Fsp3) is 0.273. The minimum absolute atomic E-state index is 0.150. The third-order valence-electron chi connectivity index (χ3n) is 4.09. The molecule has 0 aliphatic heterocycles. The summed E-state index contributed by atoms with van der Waals surface area (Å²) >= 11 is 0. The van der Waals surface area contributed by atoms with E-state index >= 15 is 0 Å². The maximum absolute atomic E-state index is 12.5. The molecule has 0 aliphatic carbocycles. The molecule has 0 saturated heterocycles. The molecule has 1 atom stereocenters. The lowest BCUT2D eigenvalue weighted by Gasteiger charge is -2.10. The maximum Gasteiger partial charge on any atom is 0.287 e. The van der Waals surface area contributed by atoms with Gasteiger partial charge in [0.1, 0.15) is 11.4 Å². The first-order valence-electron chi connectivity index (χ1n) is 9.10. The molecule has 29 heavy (non-hydrogen) atoms. The van der Waals surface area contributed by atoms with Crippen LogP contribution in [0.4, 0.5) is 0 Å². The Bertz CT molecular complexity index is 1060. The molecule has 3 aromatic rings. The number of carbonyl (C=O) groups is 1. The highest BCUT2D eigenvalue weighted by Crippen LogP contribution is 2.19. The number of rotatable bonds is 5. The van der Waals surface area contributed by atoms with E-state index in [1.807, 2.05) is 37.4 Å². The number of hydrogen-bond acceptors (Lipinski definition) is 5. The number of ether oxygens (including phenoxy) is 1. The molecule has 7 nitrogen and oxygen atoms in total. The predicted octanol–water partition coefficient (Wildman–Crippen LogP) is 3.09. The summed E-state index contributed by atoms with van der Waals surface area (Å²) < 4.78 is 12.4. The second kappa shape index (κ2) is 8.25. The van der Waals surface area contributed by atoms with E-state index in [9.17, 15) is 9.90 Å². The van der Waals surface area contributed by atoms with Gasteiger partial charge in [-0.05, 0) is 51.0 Å². The lowest BCUT2D eigenvalue weighted by Crippen LogP contribution is -2.26. The minimum atomic E-state index is -1.13. The fourth-order valence-corrected chi connectivity index (χ4v) is 2.55. The van der Waals surface area contributed by atoms with Gasteiger partial charge in [0.15, 0.2) is 11.5 Å². The SMILES string of the molecule is COc1cccc(-n2cc(C(C)NC(=O)c3ccc(C#CC(C)(C)O)o3)cn2)c1. The van der Waals surface area contributed by atoms with Crippen molar-refractivity contribution < 1.29 is 19.1 Å². The number of carbonyl (C=O) groups excluding carboxylic acids is 1. The number of nitrogens with one attached hydrogen (secondary N) is 1. The van der Waals surface area contributed by atoms with E-state index in [-0.39, 0.29) is 17.7 Å². The average Bonchev–Trinajstić information content (AvgIpc) is 3.35. The van der Waals surface area contributed by atoms with Gasteiger partial charge in [0.25, 0.3) is 5.91 Å². The van der Waals surface area contributed by atoms with Crippen LogP contribution in [-0.2, 0) is 0 Å². The van der Waals surface area contributed by atoms with Crippen molar-refractivity contribution in [3.8, 4) is 23.3 Å². The first-order valence-corrected chi connectivity index (χ1v) is 9.10. The van der Waals surface area contributed by atoms with Gasteiger partial charge in [0.2, 0.25) is 0 Å². The van der Waals surface area contributed by atoms with Crippen molar-refractivity contribution in [3.63, 3.8) is 0 Å². The summed E-state index contributed by atoms with van der Waals surface area (Å²) in [5.74, 6) is 6.19. The summed E-state index contributed by atoms with van der Waals surface area (Å²) in [6.45, 7) is 5.01. The van der Waals surface area contributed by atoms with Gasteiger partial charge < -0.3 is 19.6 Å². The van der Waals surface area contributed by atoms with Crippen LogP contribution in [0.1, 0.15) is 48.7 Å². The van der Waals surface area contributed by atoms with Gasteiger partial charge >= 0.3 is 0 Å². The van der Waals surface area contributed by atoms with Crippen molar-refractivity contribution in [2.75, 3.05) is 7.11 Å². The van der Waals surface area contributed by atoms with Gasteiger partial charge in [-0.1, -0.05) is 12.0 Å². The average molecular weight is 393 g/mol. The van der Waals surface area contributed by atoms with Crippen LogP contribution in [0.3, 0.4) is 0 Å². The van der Waals surface area contributed by atoms with Crippen molar-refractivity contribution >= 4 is 5.91 Å². The molecule has 2 aromatic heterocycles. The molecule has 1 aromatic carbocycles. The van der Waals surface area contributed by atoms with Gasteiger partial charge in [-0.25, -0.2) is 4.68 Å². The lowest BCUT2D eigenvalue weighted by molar-refractivity contribution is 0.0911. The summed E-state index contributed by atoms with van der Waals surface area (Å²) in [4.78, 5) is 12.5. The van der Waals surface area contributed by atoms with Gasteiger partial charge in [0, 0.05) is 17.8 Å². The van der Waals surface area contributed by atoms with Gasteiger partial charge in [-0.2, -0.15) is 5.10 Å². The standard InChI is InChI=1S/C22H23N3O4/c1-15(16-13-23-25(14-16)17-6-5-7-19(12-17)28-4)24-21(26)20-9-8-18(29-20)10-11-22(2,3)27/h5-9,12-15,27H,1-4H3,(H,24,26). The van der Waals surface area contributed by atoms with Crippen molar-refractivity contribution in [1.29, 1.82) is 0 Å². The number of amides is 1. The van der Waals surface area contributed by atoms with E-state index in [1.165, 1.54) is 0 Å². The first-order chi connectivity index (χ1) is 13.7. The Hall–Kier alpha value is -3.50. The highest BCUT2D eigenvalue weighted by Gasteiger charge is 2.16. The number of benzene rings is 1. The molecule has 150 valence electrons. The zero-order chi connectivity index (χ0) is 21.0. The lowest BCUT2D eigenvalue weighted by atomic mass is 10.1. The number of aromatic nitrogens is 2. The molecule has 0 saturated carbocycles. The fourth-order valence-electron chi connectivity index (χ4n) is 2.55. The van der Waals surface area contributed by atoms with Crippen LogP contribution in [0, 0.1) is 11.8 Å². The second-order valence-electron chi connectivity index (χ2n) is 7.09. The summed E-state index contributed by atoms with van der Waals surface area (Å²) in [5, 5.41) is 16.9. The normalized spacial score (nSPS) is 12.0. The predicted molar refractivity (Wildman–Crippen MR) is 108 cm³/mol. The third-order valence-corrected chi connectivity index (χ3v) is 4.09. The maximum atomic E-state index is 12.5. The second-order valence-corrected chi connectivity index (χ2v) is 7.09. The molecule has 0 bridgehead atoms.